The molecule has 2 aliphatic carbocycles. The predicted octanol–water partition coefficient (Wildman–Crippen LogP) is 3.83. The van der Waals surface area contributed by atoms with E-state index in [9.17, 15) is 0 Å². The molecule has 4 unspecified atom stereocenters. The van der Waals surface area contributed by atoms with Crippen molar-refractivity contribution in [1.29, 1.82) is 0 Å². The molecule has 4 atom stereocenters. The van der Waals surface area contributed by atoms with E-state index < -0.39 is 0 Å². The van der Waals surface area contributed by atoms with Crippen molar-refractivity contribution in [3.8, 4) is 0 Å². The van der Waals surface area contributed by atoms with Gasteiger partial charge >= 0.3 is 0 Å². The average molecular weight is 241 g/mol. The minimum Gasteiger partial charge on any atom is -0.311 e. The van der Waals surface area contributed by atoms with E-state index in [-0.39, 0.29) is 0 Å². The Morgan fingerprint density at radius 3 is 2.62 bits per heavy atom. The molecule has 2 rings (SSSR count). The van der Waals surface area contributed by atoms with Gasteiger partial charge in [0.15, 0.2) is 0 Å². The van der Waals surface area contributed by atoms with Crippen molar-refractivity contribution >= 4 is 11.8 Å². The molecule has 2 heteroatoms. The molecule has 0 radical (unpaired) electrons. The van der Waals surface area contributed by atoms with Crippen molar-refractivity contribution in [3.05, 3.63) is 0 Å². The fourth-order valence-electron chi connectivity index (χ4n) is 3.52. The molecule has 94 valence electrons. The molecule has 0 heterocycles. The molecule has 2 saturated carbocycles. The molecule has 1 N–H and O–H groups in total. The number of hydrogen-bond donors (Lipinski definition) is 1. The zero-order valence-corrected chi connectivity index (χ0v) is 11.7. The Balaban J connectivity index is 1.79. The van der Waals surface area contributed by atoms with Crippen LogP contribution in [0.1, 0.15) is 58.3 Å². The molecule has 0 aromatic carbocycles. The number of hydrogen-bond acceptors (Lipinski definition) is 2. The van der Waals surface area contributed by atoms with Crippen LogP contribution in [-0.4, -0.2) is 23.6 Å². The first-order chi connectivity index (χ1) is 7.83. The Hall–Kier alpha value is 0.310. The van der Waals surface area contributed by atoms with Gasteiger partial charge in [-0.2, -0.15) is 11.8 Å². The second-order valence-corrected chi connectivity index (χ2v) is 6.73. The Morgan fingerprint density at radius 1 is 1.12 bits per heavy atom. The maximum atomic E-state index is 3.97. The summed E-state index contributed by atoms with van der Waals surface area (Å²) >= 11 is 2.06. The van der Waals surface area contributed by atoms with Gasteiger partial charge in [0.25, 0.3) is 0 Å². The van der Waals surface area contributed by atoms with Gasteiger partial charge in [0, 0.05) is 17.3 Å². The quantitative estimate of drug-likeness (QED) is 0.803. The van der Waals surface area contributed by atoms with Crippen LogP contribution in [0.4, 0.5) is 0 Å². The average Bonchev–Trinajstić information content (AvgIpc) is 2.77. The van der Waals surface area contributed by atoms with E-state index in [2.05, 4.69) is 30.3 Å². The minimum atomic E-state index is 0.828. The van der Waals surface area contributed by atoms with Gasteiger partial charge in [-0.15, -0.1) is 0 Å². The molecule has 16 heavy (non-hydrogen) atoms. The molecule has 0 aliphatic heterocycles. The van der Waals surface area contributed by atoms with E-state index >= 15 is 0 Å². The highest BCUT2D eigenvalue weighted by Gasteiger charge is 2.29. The van der Waals surface area contributed by atoms with Gasteiger partial charge in [-0.25, -0.2) is 0 Å². The molecule has 0 amide bonds. The van der Waals surface area contributed by atoms with E-state index in [0.29, 0.717) is 0 Å². The van der Waals surface area contributed by atoms with Gasteiger partial charge in [0.1, 0.15) is 0 Å². The third-order valence-corrected chi connectivity index (χ3v) is 5.70. The van der Waals surface area contributed by atoms with Crippen LogP contribution >= 0.6 is 11.8 Å². The van der Waals surface area contributed by atoms with Crippen molar-refractivity contribution in [2.24, 2.45) is 5.92 Å². The smallest absolute Gasteiger partial charge is 0.00978 e. The van der Waals surface area contributed by atoms with Gasteiger partial charge in [0.05, 0.1) is 0 Å². The highest BCUT2D eigenvalue weighted by atomic mass is 32.2. The van der Waals surface area contributed by atoms with E-state index in [1.54, 1.807) is 0 Å². The maximum Gasteiger partial charge on any atom is 0.00978 e. The van der Waals surface area contributed by atoms with Crippen molar-refractivity contribution in [1.82, 2.24) is 5.32 Å². The first-order valence-corrected chi connectivity index (χ1v) is 8.41. The van der Waals surface area contributed by atoms with Crippen LogP contribution in [0, 0.1) is 5.92 Å². The van der Waals surface area contributed by atoms with Crippen LogP contribution in [0.2, 0.25) is 0 Å². The third kappa shape index (κ3) is 3.16. The lowest BCUT2D eigenvalue weighted by Crippen LogP contribution is -2.43. The number of rotatable bonds is 4. The lowest BCUT2D eigenvalue weighted by atomic mass is 9.82. The van der Waals surface area contributed by atoms with E-state index in [1.165, 1.54) is 51.4 Å². The normalized spacial score (nSPS) is 40.1. The summed E-state index contributed by atoms with van der Waals surface area (Å²) in [5.74, 6) is 0.960. The van der Waals surface area contributed by atoms with Gasteiger partial charge in [-0.1, -0.05) is 26.2 Å². The third-order valence-electron chi connectivity index (χ3n) is 4.60. The summed E-state index contributed by atoms with van der Waals surface area (Å²) in [5, 5.41) is 4.90. The van der Waals surface area contributed by atoms with E-state index in [1.807, 2.05) is 0 Å². The van der Waals surface area contributed by atoms with Gasteiger partial charge < -0.3 is 5.32 Å². The molecule has 0 bridgehead atoms. The summed E-state index contributed by atoms with van der Waals surface area (Å²) in [4.78, 5) is 0. The van der Waals surface area contributed by atoms with Crippen LogP contribution in [0.5, 0.6) is 0 Å². The maximum absolute atomic E-state index is 3.97. The summed E-state index contributed by atoms with van der Waals surface area (Å²) < 4.78 is 0. The predicted molar refractivity (Wildman–Crippen MR) is 74.1 cm³/mol. The Morgan fingerprint density at radius 2 is 1.94 bits per heavy atom. The Labute approximate surface area is 105 Å². The molecule has 2 aliphatic rings. The topological polar surface area (TPSA) is 12.0 Å². The van der Waals surface area contributed by atoms with Crippen molar-refractivity contribution < 1.29 is 0 Å². The summed E-state index contributed by atoms with van der Waals surface area (Å²) in [6, 6.07) is 1.67. The summed E-state index contributed by atoms with van der Waals surface area (Å²) in [6.45, 7) is 2.37. The van der Waals surface area contributed by atoms with Gasteiger partial charge in [-0.05, 0) is 44.3 Å². The lowest BCUT2D eigenvalue weighted by Gasteiger charge is -2.34. The fraction of sp³-hybridized carbons (Fsp3) is 1.00. The molecule has 1 nitrogen and oxygen atoms in total. The standard InChI is InChI=1S/C14H27NS/c1-3-11-6-4-5-7-14(11)15-12-8-9-13(10-12)16-2/h11-15H,3-10H2,1-2H3. The summed E-state index contributed by atoms with van der Waals surface area (Å²) in [7, 11) is 0. The Kier molecular flexibility index (Phi) is 5.02. The highest BCUT2D eigenvalue weighted by Crippen LogP contribution is 2.32. The minimum absolute atomic E-state index is 0.828. The molecule has 0 saturated heterocycles. The van der Waals surface area contributed by atoms with Crippen molar-refractivity contribution in [3.63, 3.8) is 0 Å². The first kappa shape index (κ1) is 12.8. The first-order valence-electron chi connectivity index (χ1n) is 7.12. The lowest BCUT2D eigenvalue weighted by molar-refractivity contribution is 0.237. The zero-order chi connectivity index (χ0) is 11.4. The highest BCUT2D eigenvalue weighted by molar-refractivity contribution is 7.99. The Bertz CT molecular complexity index is 207. The fourth-order valence-corrected chi connectivity index (χ4v) is 4.32. The molecule has 0 spiro atoms. The van der Waals surface area contributed by atoms with E-state index in [0.717, 1.165) is 23.3 Å². The molecule has 2 fully saturated rings. The zero-order valence-electron chi connectivity index (χ0n) is 10.9. The van der Waals surface area contributed by atoms with Crippen LogP contribution in [0.25, 0.3) is 0 Å². The molecule has 0 aromatic heterocycles. The molecule has 0 aromatic rings. The van der Waals surface area contributed by atoms with Crippen LogP contribution < -0.4 is 5.32 Å². The van der Waals surface area contributed by atoms with Crippen LogP contribution in [0.15, 0.2) is 0 Å². The second kappa shape index (κ2) is 6.30. The number of nitrogens with one attached hydrogen (secondary N) is 1. The molecular formula is C14H27NS. The SMILES string of the molecule is CCC1CCCCC1NC1CCC(SC)C1. The molecular weight excluding hydrogens is 214 g/mol. The van der Waals surface area contributed by atoms with E-state index in [4.69, 9.17) is 0 Å². The monoisotopic (exact) mass is 241 g/mol. The summed E-state index contributed by atoms with van der Waals surface area (Å²) in [5.41, 5.74) is 0. The van der Waals surface area contributed by atoms with Gasteiger partial charge in [-0.3, -0.25) is 0 Å². The van der Waals surface area contributed by atoms with Crippen molar-refractivity contribution in [2.75, 3.05) is 6.26 Å². The number of thioether (sulfide) groups is 1. The summed E-state index contributed by atoms with van der Waals surface area (Å²) in [6.07, 6.45) is 13.7. The van der Waals surface area contributed by atoms with Crippen molar-refractivity contribution in [2.45, 2.75) is 75.6 Å². The second-order valence-electron chi connectivity index (χ2n) is 5.59. The largest absolute Gasteiger partial charge is 0.311 e. The van der Waals surface area contributed by atoms with Gasteiger partial charge in [0.2, 0.25) is 0 Å². The van der Waals surface area contributed by atoms with Crippen LogP contribution in [0.3, 0.4) is 0 Å². The van der Waals surface area contributed by atoms with Crippen LogP contribution in [-0.2, 0) is 0 Å².